The average molecular weight is 396 g/mol. The summed E-state index contributed by atoms with van der Waals surface area (Å²) in [5.41, 5.74) is 0.589. The molecule has 2 rings (SSSR count). The smallest absolute Gasteiger partial charge is 0.252 e. The number of alkyl halides is 1. The number of hydrogen-bond donors (Lipinski definition) is 1. The third-order valence-electron chi connectivity index (χ3n) is 3.26. The van der Waals surface area contributed by atoms with E-state index in [4.69, 9.17) is 11.6 Å². The molecule has 0 heterocycles. The van der Waals surface area contributed by atoms with Crippen LogP contribution in [0.15, 0.2) is 22.7 Å². The van der Waals surface area contributed by atoms with Gasteiger partial charge in [0.25, 0.3) is 5.91 Å². The number of halogens is 3. The zero-order valence-electron chi connectivity index (χ0n) is 9.76. The number of carbonyl (C=O) groups is 1. The predicted octanol–water partition coefficient (Wildman–Crippen LogP) is 4.40. The van der Waals surface area contributed by atoms with Crippen molar-refractivity contribution in [2.24, 2.45) is 5.92 Å². The summed E-state index contributed by atoms with van der Waals surface area (Å²) in [6.07, 6.45) is 3.60. The van der Waals surface area contributed by atoms with Crippen molar-refractivity contribution >= 4 is 49.4 Å². The molecule has 98 valence electrons. The fourth-order valence-electron chi connectivity index (χ4n) is 2.21. The monoisotopic (exact) mass is 393 g/mol. The third kappa shape index (κ3) is 3.49. The van der Waals surface area contributed by atoms with E-state index < -0.39 is 0 Å². The predicted molar refractivity (Wildman–Crippen MR) is 81.5 cm³/mol. The van der Waals surface area contributed by atoms with E-state index in [0.717, 1.165) is 4.47 Å². The Labute approximate surface area is 129 Å². The number of nitrogens with one attached hydrogen (secondary N) is 1. The number of amides is 1. The SMILES string of the molecule is O=C(NCC1CCCC1Br)c1cc(Cl)ccc1Br. The van der Waals surface area contributed by atoms with E-state index in [1.54, 1.807) is 18.2 Å². The van der Waals surface area contributed by atoms with Gasteiger partial charge in [-0.15, -0.1) is 0 Å². The molecule has 2 unspecified atom stereocenters. The van der Waals surface area contributed by atoms with Crippen molar-refractivity contribution in [3.05, 3.63) is 33.3 Å². The Morgan fingerprint density at radius 1 is 1.44 bits per heavy atom. The van der Waals surface area contributed by atoms with Gasteiger partial charge in [-0.05, 0) is 52.9 Å². The number of benzene rings is 1. The molecule has 0 radical (unpaired) electrons. The summed E-state index contributed by atoms with van der Waals surface area (Å²) in [5, 5.41) is 3.55. The first-order valence-electron chi connectivity index (χ1n) is 5.95. The Balaban J connectivity index is 1.97. The van der Waals surface area contributed by atoms with Crippen molar-refractivity contribution < 1.29 is 4.79 Å². The van der Waals surface area contributed by atoms with Gasteiger partial charge in [0.1, 0.15) is 0 Å². The van der Waals surface area contributed by atoms with Gasteiger partial charge in [0.2, 0.25) is 0 Å². The zero-order valence-corrected chi connectivity index (χ0v) is 13.7. The maximum absolute atomic E-state index is 12.1. The first-order valence-corrected chi connectivity index (χ1v) is 8.04. The minimum atomic E-state index is -0.0732. The van der Waals surface area contributed by atoms with Gasteiger partial charge in [-0.2, -0.15) is 0 Å². The average Bonchev–Trinajstić information content (AvgIpc) is 2.75. The van der Waals surface area contributed by atoms with Crippen molar-refractivity contribution in [1.82, 2.24) is 5.32 Å². The maximum Gasteiger partial charge on any atom is 0.252 e. The van der Waals surface area contributed by atoms with Gasteiger partial charge in [-0.25, -0.2) is 0 Å². The van der Waals surface area contributed by atoms with E-state index in [1.807, 2.05) is 0 Å². The van der Waals surface area contributed by atoms with E-state index in [2.05, 4.69) is 37.2 Å². The molecular weight excluding hydrogens is 381 g/mol. The van der Waals surface area contributed by atoms with Crippen LogP contribution < -0.4 is 5.32 Å². The molecule has 0 aromatic heterocycles. The van der Waals surface area contributed by atoms with Crippen molar-refractivity contribution in [2.75, 3.05) is 6.54 Å². The van der Waals surface area contributed by atoms with E-state index in [1.165, 1.54) is 19.3 Å². The summed E-state index contributed by atoms with van der Waals surface area (Å²) in [4.78, 5) is 12.6. The molecule has 0 spiro atoms. The maximum atomic E-state index is 12.1. The second kappa shape index (κ2) is 6.40. The molecule has 1 aliphatic carbocycles. The van der Waals surface area contributed by atoms with Gasteiger partial charge < -0.3 is 5.32 Å². The van der Waals surface area contributed by atoms with Gasteiger partial charge >= 0.3 is 0 Å². The molecule has 1 aromatic rings. The highest BCUT2D eigenvalue weighted by Gasteiger charge is 2.25. The first kappa shape index (κ1) is 14.4. The number of rotatable bonds is 3. The molecule has 1 N–H and O–H groups in total. The van der Waals surface area contributed by atoms with Crippen LogP contribution in [0.5, 0.6) is 0 Å². The van der Waals surface area contributed by atoms with Crippen LogP contribution in [0.25, 0.3) is 0 Å². The summed E-state index contributed by atoms with van der Waals surface area (Å²) in [7, 11) is 0. The number of carbonyl (C=O) groups excluding carboxylic acids is 1. The molecule has 1 aliphatic rings. The molecule has 1 amide bonds. The van der Waals surface area contributed by atoms with Gasteiger partial charge in [0, 0.05) is 20.9 Å². The van der Waals surface area contributed by atoms with Gasteiger partial charge in [0.15, 0.2) is 0 Å². The molecule has 18 heavy (non-hydrogen) atoms. The first-order chi connectivity index (χ1) is 8.58. The highest BCUT2D eigenvalue weighted by atomic mass is 79.9. The van der Waals surface area contributed by atoms with Crippen LogP contribution >= 0.6 is 43.5 Å². The summed E-state index contributed by atoms with van der Waals surface area (Å²) < 4.78 is 0.770. The van der Waals surface area contributed by atoms with Gasteiger partial charge in [-0.1, -0.05) is 34.0 Å². The van der Waals surface area contributed by atoms with Crippen molar-refractivity contribution in [3.63, 3.8) is 0 Å². The van der Waals surface area contributed by atoms with Crippen LogP contribution in [0, 0.1) is 5.92 Å². The summed E-state index contributed by atoms with van der Waals surface area (Å²) in [6.45, 7) is 0.716. The van der Waals surface area contributed by atoms with Crippen LogP contribution in [0.1, 0.15) is 29.6 Å². The quantitative estimate of drug-likeness (QED) is 0.756. The summed E-state index contributed by atoms with van der Waals surface area (Å²) in [5.74, 6) is 0.461. The fourth-order valence-corrected chi connectivity index (χ4v) is 3.59. The van der Waals surface area contributed by atoms with Crippen LogP contribution in [0.4, 0.5) is 0 Å². The Kier molecular flexibility index (Phi) is 5.10. The largest absolute Gasteiger partial charge is 0.352 e. The Morgan fingerprint density at radius 2 is 2.22 bits per heavy atom. The molecule has 1 aromatic carbocycles. The zero-order chi connectivity index (χ0) is 13.1. The topological polar surface area (TPSA) is 29.1 Å². The second-order valence-corrected chi connectivity index (χ2v) is 7.01. The number of hydrogen-bond acceptors (Lipinski definition) is 1. The minimum absolute atomic E-state index is 0.0732. The lowest BCUT2D eigenvalue weighted by atomic mass is 10.1. The van der Waals surface area contributed by atoms with Crippen LogP contribution in [0.3, 0.4) is 0 Å². The van der Waals surface area contributed by atoms with E-state index in [9.17, 15) is 4.79 Å². The van der Waals surface area contributed by atoms with E-state index >= 15 is 0 Å². The standard InChI is InChI=1S/C13H14Br2ClNO/c14-11-3-1-2-8(11)7-17-13(18)10-6-9(16)4-5-12(10)15/h4-6,8,11H,1-3,7H2,(H,17,18). The summed E-state index contributed by atoms with van der Waals surface area (Å²) >= 11 is 12.9. The minimum Gasteiger partial charge on any atom is -0.352 e. The molecule has 1 saturated carbocycles. The van der Waals surface area contributed by atoms with Crippen molar-refractivity contribution in [1.29, 1.82) is 0 Å². The molecule has 0 bridgehead atoms. The molecule has 0 saturated heterocycles. The molecule has 5 heteroatoms. The van der Waals surface area contributed by atoms with E-state index in [-0.39, 0.29) is 5.91 Å². The molecule has 0 aliphatic heterocycles. The Morgan fingerprint density at radius 3 is 2.89 bits per heavy atom. The van der Waals surface area contributed by atoms with Gasteiger partial charge in [0.05, 0.1) is 5.56 Å². The lowest BCUT2D eigenvalue weighted by molar-refractivity contribution is 0.0947. The van der Waals surface area contributed by atoms with Gasteiger partial charge in [-0.3, -0.25) is 4.79 Å². The van der Waals surface area contributed by atoms with E-state index in [0.29, 0.717) is 27.9 Å². The third-order valence-corrected chi connectivity index (χ3v) is 5.40. The Bertz CT molecular complexity index is 453. The Hall–Kier alpha value is -0.0600. The lowest BCUT2D eigenvalue weighted by Gasteiger charge is -2.15. The summed E-state index contributed by atoms with van der Waals surface area (Å²) in [6, 6.07) is 5.23. The normalized spacial score (nSPS) is 23.1. The second-order valence-electron chi connectivity index (χ2n) is 4.54. The molecule has 2 atom stereocenters. The van der Waals surface area contributed by atoms with Crippen LogP contribution in [-0.4, -0.2) is 17.3 Å². The van der Waals surface area contributed by atoms with Crippen molar-refractivity contribution in [3.8, 4) is 0 Å². The highest BCUT2D eigenvalue weighted by molar-refractivity contribution is 9.10. The molecule has 1 fully saturated rings. The lowest BCUT2D eigenvalue weighted by Crippen LogP contribution is -2.31. The molecular formula is C13H14Br2ClNO. The highest BCUT2D eigenvalue weighted by Crippen LogP contribution is 2.31. The fraction of sp³-hybridized carbons (Fsp3) is 0.462. The van der Waals surface area contributed by atoms with Crippen molar-refractivity contribution in [2.45, 2.75) is 24.1 Å². The molecule has 2 nitrogen and oxygen atoms in total. The van der Waals surface area contributed by atoms with Crippen LogP contribution in [-0.2, 0) is 0 Å². The van der Waals surface area contributed by atoms with Crippen LogP contribution in [0.2, 0.25) is 5.02 Å².